The third-order valence-electron chi connectivity index (χ3n) is 3.54. The van der Waals surface area contributed by atoms with Crippen molar-refractivity contribution in [3.63, 3.8) is 0 Å². The van der Waals surface area contributed by atoms with Crippen LogP contribution in [0.4, 0.5) is 4.39 Å². The van der Waals surface area contributed by atoms with E-state index in [4.69, 9.17) is 0 Å². The molecule has 2 rings (SSSR count). The Balaban J connectivity index is 2.17. The first-order chi connectivity index (χ1) is 11.4. The van der Waals surface area contributed by atoms with Crippen molar-refractivity contribution in [3.8, 4) is 10.6 Å². The molecule has 0 aliphatic rings. The van der Waals surface area contributed by atoms with E-state index in [1.54, 1.807) is 19.1 Å². The van der Waals surface area contributed by atoms with E-state index in [9.17, 15) is 19.1 Å². The summed E-state index contributed by atoms with van der Waals surface area (Å²) in [6.45, 7) is 3.66. The summed E-state index contributed by atoms with van der Waals surface area (Å²) in [6.07, 6.45) is 1.97. The molecule has 1 heterocycles. The zero-order valence-corrected chi connectivity index (χ0v) is 14.3. The summed E-state index contributed by atoms with van der Waals surface area (Å²) in [6, 6.07) is 4.94. The van der Waals surface area contributed by atoms with Crippen LogP contribution >= 0.6 is 11.3 Å². The average Bonchev–Trinajstić information content (AvgIpc) is 2.93. The number of hydrogen-bond acceptors (Lipinski definition) is 4. The van der Waals surface area contributed by atoms with Crippen LogP contribution in [0.1, 0.15) is 41.6 Å². The van der Waals surface area contributed by atoms with Crippen molar-refractivity contribution in [3.05, 3.63) is 40.7 Å². The number of amides is 1. The van der Waals surface area contributed by atoms with E-state index >= 15 is 0 Å². The van der Waals surface area contributed by atoms with Gasteiger partial charge >= 0.3 is 5.97 Å². The smallest absolute Gasteiger partial charge is 0.326 e. The quantitative estimate of drug-likeness (QED) is 0.799. The van der Waals surface area contributed by atoms with Crippen LogP contribution in [0.5, 0.6) is 0 Å². The molecule has 0 saturated carbocycles. The molecular formula is C17H19FN2O3S. The van der Waals surface area contributed by atoms with Crippen molar-refractivity contribution in [2.75, 3.05) is 0 Å². The Kier molecular flexibility index (Phi) is 6.03. The van der Waals surface area contributed by atoms with Crippen molar-refractivity contribution in [1.29, 1.82) is 0 Å². The van der Waals surface area contributed by atoms with E-state index in [2.05, 4.69) is 10.3 Å². The number of nitrogens with one attached hydrogen (secondary N) is 1. The second-order valence-corrected chi connectivity index (χ2v) is 6.45. The molecule has 1 aromatic carbocycles. The summed E-state index contributed by atoms with van der Waals surface area (Å²) in [5, 5.41) is 12.4. The number of carboxylic acids is 1. The lowest BCUT2D eigenvalue weighted by Gasteiger charge is -2.13. The number of aliphatic carboxylic acids is 1. The van der Waals surface area contributed by atoms with Gasteiger partial charge in [-0.1, -0.05) is 19.8 Å². The molecule has 24 heavy (non-hydrogen) atoms. The number of carbonyl (C=O) groups is 2. The lowest BCUT2D eigenvalue weighted by Crippen LogP contribution is -2.40. The second-order valence-electron chi connectivity index (χ2n) is 5.45. The van der Waals surface area contributed by atoms with E-state index in [0.717, 1.165) is 12.8 Å². The Hall–Kier alpha value is -2.28. The third-order valence-corrected chi connectivity index (χ3v) is 4.75. The normalized spacial score (nSPS) is 12.0. The fourth-order valence-corrected chi connectivity index (χ4v) is 3.19. The summed E-state index contributed by atoms with van der Waals surface area (Å²) in [7, 11) is 0. The Labute approximate surface area is 143 Å². The molecule has 128 valence electrons. The van der Waals surface area contributed by atoms with Gasteiger partial charge in [-0.25, -0.2) is 14.2 Å². The van der Waals surface area contributed by atoms with Crippen molar-refractivity contribution in [2.45, 2.75) is 39.2 Å². The Bertz CT molecular complexity index is 728. The number of unbranched alkanes of at least 4 members (excludes halogenated alkanes) is 1. The molecule has 0 bridgehead atoms. The molecule has 1 aromatic heterocycles. The molecule has 7 heteroatoms. The van der Waals surface area contributed by atoms with E-state index in [-0.39, 0.29) is 5.82 Å². The summed E-state index contributed by atoms with van der Waals surface area (Å²) in [4.78, 5) is 28.3. The fourth-order valence-electron chi connectivity index (χ4n) is 2.21. The average molecular weight is 350 g/mol. The summed E-state index contributed by atoms with van der Waals surface area (Å²) < 4.78 is 13.0. The van der Waals surface area contributed by atoms with Crippen LogP contribution in [0, 0.1) is 12.7 Å². The van der Waals surface area contributed by atoms with Crippen LogP contribution in [0.2, 0.25) is 0 Å². The van der Waals surface area contributed by atoms with Crippen molar-refractivity contribution < 1.29 is 19.1 Å². The number of nitrogens with zero attached hydrogens (tertiary/aromatic N) is 1. The van der Waals surface area contributed by atoms with Gasteiger partial charge in [-0.3, -0.25) is 4.79 Å². The van der Waals surface area contributed by atoms with Gasteiger partial charge in [-0.05, 0) is 37.6 Å². The maximum Gasteiger partial charge on any atom is 0.326 e. The van der Waals surface area contributed by atoms with Crippen LogP contribution in [-0.2, 0) is 4.79 Å². The van der Waals surface area contributed by atoms with Crippen molar-refractivity contribution >= 4 is 23.2 Å². The van der Waals surface area contributed by atoms with Gasteiger partial charge in [-0.2, -0.15) is 0 Å². The maximum atomic E-state index is 13.0. The first-order valence-corrected chi connectivity index (χ1v) is 8.51. The van der Waals surface area contributed by atoms with Gasteiger partial charge in [-0.15, -0.1) is 11.3 Å². The number of carbonyl (C=O) groups excluding carboxylic acids is 1. The highest BCUT2D eigenvalue weighted by Crippen LogP contribution is 2.28. The number of aryl methyl sites for hydroxylation is 1. The standard InChI is InChI=1S/C17H19FN2O3S/c1-3-4-5-13(17(22)23)20-15(21)14-10(2)19-16(24-14)11-6-8-12(18)9-7-11/h6-9,13H,3-5H2,1-2H3,(H,20,21)(H,22,23). The molecule has 2 N–H and O–H groups in total. The molecule has 0 aliphatic carbocycles. The minimum Gasteiger partial charge on any atom is -0.480 e. The van der Waals surface area contributed by atoms with Gasteiger partial charge in [0.05, 0.1) is 5.69 Å². The van der Waals surface area contributed by atoms with Gasteiger partial charge in [0.1, 0.15) is 21.7 Å². The zero-order chi connectivity index (χ0) is 17.7. The van der Waals surface area contributed by atoms with Gasteiger partial charge in [0.2, 0.25) is 0 Å². The van der Waals surface area contributed by atoms with Crippen LogP contribution in [-0.4, -0.2) is 28.0 Å². The van der Waals surface area contributed by atoms with Crippen molar-refractivity contribution in [2.24, 2.45) is 0 Å². The molecule has 2 aromatic rings. The lowest BCUT2D eigenvalue weighted by atomic mass is 10.1. The van der Waals surface area contributed by atoms with Crippen LogP contribution in [0.15, 0.2) is 24.3 Å². The summed E-state index contributed by atoms with van der Waals surface area (Å²) in [5.74, 6) is -1.83. The first-order valence-electron chi connectivity index (χ1n) is 7.69. The molecular weight excluding hydrogens is 331 g/mol. The molecule has 0 spiro atoms. The van der Waals surface area contributed by atoms with E-state index < -0.39 is 17.9 Å². The van der Waals surface area contributed by atoms with E-state index in [1.165, 1.54) is 23.5 Å². The number of thiazole rings is 1. The number of hydrogen-bond donors (Lipinski definition) is 2. The van der Waals surface area contributed by atoms with E-state index in [0.29, 0.717) is 27.6 Å². The van der Waals surface area contributed by atoms with E-state index in [1.807, 2.05) is 6.92 Å². The Morgan fingerprint density at radius 3 is 2.58 bits per heavy atom. The predicted molar refractivity (Wildman–Crippen MR) is 90.7 cm³/mol. The topological polar surface area (TPSA) is 79.3 Å². The first kappa shape index (κ1) is 18.1. The SMILES string of the molecule is CCCCC(NC(=O)c1sc(-c2ccc(F)cc2)nc1C)C(=O)O. The highest BCUT2D eigenvalue weighted by Gasteiger charge is 2.23. The summed E-state index contributed by atoms with van der Waals surface area (Å²) >= 11 is 1.17. The molecule has 5 nitrogen and oxygen atoms in total. The zero-order valence-electron chi connectivity index (χ0n) is 13.5. The van der Waals surface area contributed by atoms with Gasteiger partial charge in [0, 0.05) is 5.56 Å². The molecule has 1 unspecified atom stereocenters. The number of carboxylic acid groups (broad SMARTS) is 1. The Morgan fingerprint density at radius 1 is 1.33 bits per heavy atom. The third kappa shape index (κ3) is 4.38. The van der Waals surface area contributed by atoms with Crippen LogP contribution in [0.25, 0.3) is 10.6 Å². The van der Waals surface area contributed by atoms with Crippen molar-refractivity contribution in [1.82, 2.24) is 10.3 Å². The Morgan fingerprint density at radius 2 is 2.00 bits per heavy atom. The maximum absolute atomic E-state index is 13.0. The van der Waals surface area contributed by atoms with Gasteiger partial charge in [0.15, 0.2) is 0 Å². The number of benzene rings is 1. The van der Waals surface area contributed by atoms with Crippen LogP contribution in [0.3, 0.4) is 0 Å². The number of halogens is 1. The molecule has 0 fully saturated rings. The highest BCUT2D eigenvalue weighted by atomic mass is 32.1. The minimum atomic E-state index is -1.04. The lowest BCUT2D eigenvalue weighted by molar-refractivity contribution is -0.139. The molecule has 1 amide bonds. The predicted octanol–water partition coefficient (Wildman–Crippen LogP) is 3.63. The number of rotatable bonds is 7. The molecule has 0 radical (unpaired) electrons. The molecule has 0 aliphatic heterocycles. The van der Waals surface area contributed by atoms with Crippen LogP contribution < -0.4 is 5.32 Å². The highest BCUT2D eigenvalue weighted by molar-refractivity contribution is 7.17. The fraction of sp³-hybridized carbons (Fsp3) is 0.353. The largest absolute Gasteiger partial charge is 0.480 e. The second kappa shape index (κ2) is 8.01. The molecule has 0 saturated heterocycles. The number of aromatic nitrogens is 1. The monoisotopic (exact) mass is 350 g/mol. The molecule has 1 atom stereocenters. The van der Waals surface area contributed by atoms with Gasteiger partial charge in [0.25, 0.3) is 5.91 Å². The summed E-state index contributed by atoms with van der Waals surface area (Å²) in [5.41, 5.74) is 1.24. The van der Waals surface area contributed by atoms with Gasteiger partial charge < -0.3 is 10.4 Å². The minimum absolute atomic E-state index is 0.342.